The van der Waals surface area contributed by atoms with Crippen LogP contribution in [0.15, 0.2) is 24.3 Å². The number of amides is 2. The maximum atomic E-state index is 12.2. The minimum absolute atomic E-state index is 0.0343. The monoisotopic (exact) mass is 292 g/mol. The molecule has 0 fully saturated rings. The molecular weight excluding hydrogens is 268 g/mol. The third-order valence-electron chi connectivity index (χ3n) is 3.47. The molecule has 6 nitrogen and oxygen atoms in total. The Morgan fingerprint density at radius 2 is 1.76 bits per heavy atom. The van der Waals surface area contributed by atoms with Crippen molar-refractivity contribution in [1.82, 2.24) is 10.2 Å². The van der Waals surface area contributed by atoms with Gasteiger partial charge in [-0.25, -0.2) is 0 Å². The quantitative estimate of drug-likeness (QED) is 0.680. The number of anilines is 2. The van der Waals surface area contributed by atoms with Gasteiger partial charge in [0.15, 0.2) is 0 Å². The van der Waals surface area contributed by atoms with Crippen molar-refractivity contribution < 1.29 is 9.59 Å². The van der Waals surface area contributed by atoms with Gasteiger partial charge in [0.05, 0.1) is 6.04 Å². The van der Waals surface area contributed by atoms with Crippen LogP contribution in [0.4, 0.5) is 11.4 Å². The zero-order valence-electron chi connectivity index (χ0n) is 13.0. The summed E-state index contributed by atoms with van der Waals surface area (Å²) in [6.45, 7) is 4.15. The number of nitrogens with zero attached hydrogens (tertiary/aromatic N) is 1. The van der Waals surface area contributed by atoms with Crippen molar-refractivity contribution in [3.05, 3.63) is 24.3 Å². The van der Waals surface area contributed by atoms with Crippen LogP contribution in [0.5, 0.6) is 0 Å². The molecule has 6 heteroatoms. The van der Waals surface area contributed by atoms with E-state index in [0.29, 0.717) is 17.9 Å². The zero-order chi connectivity index (χ0) is 16.0. The van der Waals surface area contributed by atoms with Crippen LogP contribution in [0.25, 0.3) is 0 Å². The fraction of sp³-hybridized carbons (Fsp3) is 0.467. The summed E-state index contributed by atoms with van der Waals surface area (Å²) in [6, 6.07) is 6.64. The highest BCUT2D eigenvalue weighted by Gasteiger charge is 2.22. The van der Waals surface area contributed by atoms with Gasteiger partial charge in [0.2, 0.25) is 11.8 Å². The number of hydrogen-bond donors (Lipinski definition) is 3. The molecule has 0 saturated heterocycles. The zero-order valence-corrected chi connectivity index (χ0v) is 13.0. The molecule has 1 aromatic carbocycles. The van der Waals surface area contributed by atoms with E-state index in [1.54, 1.807) is 31.3 Å². The molecule has 2 atom stereocenters. The Kier molecular flexibility index (Phi) is 6.17. The third-order valence-corrected chi connectivity index (χ3v) is 3.47. The van der Waals surface area contributed by atoms with Gasteiger partial charge in [0, 0.05) is 30.9 Å². The molecule has 0 aliphatic rings. The van der Waals surface area contributed by atoms with E-state index in [0.717, 1.165) is 0 Å². The molecule has 0 aromatic heterocycles. The van der Waals surface area contributed by atoms with E-state index in [9.17, 15) is 9.59 Å². The third kappa shape index (κ3) is 5.07. The van der Waals surface area contributed by atoms with Gasteiger partial charge in [-0.05, 0) is 38.2 Å². The Hall–Kier alpha value is -2.08. The van der Waals surface area contributed by atoms with E-state index >= 15 is 0 Å². The number of carbonyl (C=O) groups excluding carboxylic acids is 2. The lowest BCUT2D eigenvalue weighted by Gasteiger charge is -2.26. The molecule has 0 spiro atoms. The van der Waals surface area contributed by atoms with Crippen LogP contribution in [0.2, 0.25) is 0 Å². The number of nitrogen functional groups attached to an aromatic ring is 1. The van der Waals surface area contributed by atoms with Crippen molar-refractivity contribution in [3.63, 3.8) is 0 Å². The van der Waals surface area contributed by atoms with Crippen LogP contribution in [0.3, 0.4) is 0 Å². The standard InChI is InChI=1S/C15H24N4O2/c1-10(14(20)17-3)9-19(4)11(2)15(21)18-13-7-5-12(16)6-8-13/h5-8,10-11H,9,16H2,1-4H3,(H,17,20)(H,18,21). The molecule has 0 saturated carbocycles. The second-order valence-electron chi connectivity index (χ2n) is 5.24. The molecule has 0 bridgehead atoms. The molecule has 1 rings (SSSR count). The van der Waals surface area contributed by atoms with E-state index in [4.69, 9.17) is 5.73 Å². The predicted octanol–water partition coefficient (Wildman–Crippen LogP) is 0.910. The molecule has 4 N–H and O–H groups in total. The first-order valence-electron chi connectivity index (χ1n) is 6.93. The Labute approximate surface area is 125 Å². The smallest absolute Gasteiger partial charge is 0.241 e. The molecular formula is C15H24N4O2. The van der Waals surface area contributed by atoms with Crippen LogP contribution in [0, 0.1) is 5.92 Å². The van der Waals surface area contributed by atoms with Gasteiger partial charge in [-0.1, -0.05) is 6.92 Å². The van der Waals surface area contributed by atoms with Gasteiger partial charge in [-0.2, -0.15) is 0 Å². The van der Waals surface area contributed by atoms with E-state index in [1.165, 1.54) is 0 Å². The molecule has 0 heterocycles. The van der Waals surface area contributed by atoms with E-state index in [-0.39, 0.29) is 23.8 Å². The Balaban J connectivity index is 2.56. The van der Waals surface area contributed by atoms with Crippen LogP contribution < -0.4 is 16.4 Å². The van der Waals surface area contributed by atoms with Gasteiger partial charge < -0.3 is 16.4 Å². The first-order chi connectivity index (χ1) is 9.85. The summed E-state index contributed by atoms with van der Waals surface area (Å²) >= 11 is 0. The summed E-state index contributed by atoms with van der Waals surface area (Å²) in [6.07, 6.45) is 0. The van der Waals surface area contributed by atoms with E-state index in [2.05, 4.69) is 10.6 Å². The SMILES string of the molecule is CNC(=O)C(C)CN(C)C(C)C(=O)Nc1ccc(N)cc1. The van der Waals surface area contributed by atoms with Crippen molar-refractivity contribution in [2.75, 3.05) is 31.7 Å². The number of carbonyl (C=O) groups is 2. The summed E-state index contributed by atoms with van der Waals surface area (Å²) < 4.78 is 0. The first kappa shape index (κ1) is 17.0. The lowest BCUT2D eigenvalue weighted by Crippen LogP contribution is -2.43. The second kappa shape index (κ2) is 7.64. The van der Waals surface area contributed by atoms with Gasteiger partial charge in [-0.15, -0.1) is 0 Å². The minimum atomic E-state index is -0.338. The average molecular weight is 292 g/mol. The van der Waals surface area contributed by atoms with E-state index in [1.807, 2.05) is 25.8 Å². The Bertz CT molecular complexity index is 487. The lowest BCUT2D eigenvalue weighted by atomic mass is 10.1. The summed E-state index contributed by atoms with van der Waals surface area (Å²) in [4.78, 5) is 25.5. The summed E-state index contributed by atoms with van der Waals surface area (Å²) in [5.41, 5.74) is 6.96. The van der Waals surface area contributed by atoms with Crippen molar-refractivity contribution in [2.24, 2.45) is 5.92 Å². The van der Waals surface area contributed by atoms with Gasteiger partial charge >= 0.3 is 0 Å². The number of likely N-dealkylation sites (N-methyl/N-ethyl adjacent to an activating group) is 1. The molecule has 21 heavy (non-hydrogen) atoms. The highest BCUT2D eigenvalue weighted by Crippen LogP contribution is 2.12. The maximum Gasteiger partial charge on any atom is 0.241 e. The Morgan fingerprint density at radius 3 is 2.29 bits per heavy atom. The molecule has 0 aliphatic heterocycles. The average Bonchev–Trinajstić information content (AvgIpc) is 2.47. The number of benzene rings is 1. The first-order valence-corrected chi connectivity index (χ1v) is 6.93. The van der Waals surface area contributed by atoms with Gasteiger partial charge in [-0.3, -0.25) is 14.5 Å². The van der Waals surface area contributed by atoms with Gasteiger partial charge in [0.25, 0.3) is 0 Å². The Morgan fingerprint density at radius 1 is 1.19 bits per heavy atom. The van der Waals surface area contributed by atoms with Crippen molar-refractivity contribution >= 4 is 23.2 Å². The molecule has 2 amide bonds. The number of nitrogens with one attached hydrogen (secondary N) is 2. The van der Waals surface area contributed by atoms with Crippen LogP contribution in [-0.4, -0.2) is 43.4 Å². The van der Waals surface area contributed by atoms with E-state index < -0.39 is 0 Å². The van der Waals surface area contributed by atoms with Gasteiger partial charge in [0.1, 0.15) is 0 Å². The number of rotatable bonds is 6. The minimum Gasteiger partial charge on any atom is -0.399 e. The molecule has 1 aromatic rings. The molecule has 116 valence electrons. The summed E-state index contributed by atoms with van der Waals surface area (Å²) in [5, 5.41) is 5.43. The number of nitrogens with two attached hydrogens (primary N) is 1. The fourth-order valence-electron chi connectivity index (χ4n) is 1.93. The fourth-order valence-corrected chi connectivity index (χ4v) is 1.93. The van der Waals surface area contributed by atoms with Crippen molar-refractivity contribution in [2.45, 2.75) is 19.9 Å². The van der Waals surface area contributed by atoms with Crippen molar-refractivity contribution in [1.29, 1.82) is 0 Å². The van der Waals surface area contributed by atoms with Crippen molar-refractivity contribution in [3.8, 4) is 0 Å². The van der Waals surface area contributed by atoms with Crippen LogP contribution >= 0.6 is 0 Å². The second-order valence-corrected chi connectivity index (χ2v) is 5.24. The van der Waals surface area contributed by atoms with Crippen LogP contribution in [0.1, 0.15) is 13.8 Å². The largest absolute Gasteiger partial charge is 0.399 e. The summed E-state index contributed by atoms with van der Waals surface area (Å²) in [5.74, 6) is -0.328. The predicted molar refractivity (Wildman–Crippen MR) is 84.8 cm³/mol. The molecule has 0 radical (unpaired) electrons. The highest BCUT2D eigenvalue weighted by atomic mass is 16.2. The lowest BCUT2D eigenvalue weighted by molar-refractivity contribution is -0.126. The normalized spacial score (nSPS) is 13.6. The maximum absolute atomic E-state index is 12.2. The summed E-state index contributed by atoms with van der Waals surface area (Å²) in [7, 11) is 3.43. The highest BCUT2D eigenvalue weighted by molar-refractivity contribution is 5.94. The van der Waals surface area contributed by atoms with Crippen LogP contribution in [-0.2, 0) is 9.59 Å². The molecule has 2 unspecified atom stereocenters. The topological polar surface area (TPSA) is 87.5 Å². The molecule has 0 aliphatic carbocycles. The number of hydrogen-bond acceptors (Lipinski definition) is 4.